The molecule has 2 aliphatic rings. The van der Waals surface area contributed by atoms with Crippen molar-refractivity contribution in [3.05, 3.63) is 52.8 Å². The van der Waals surface area contributed by atoms with E-state index in [-0.39, 0.29) is 24.1 Å². The number of rotatable bonds is 6. The molecule has 0 bridgehead atoms. The first kappa shape index (κ1) is 18.9. The van der Waals surface area contributed by atoms with Crippen LogP contribution in [0.25, 0.3) is 0 Å². The van der Waals surface area contributed by atoms with Crippen LogP contribution in [0, 0.1) is 5.82 Å². The summed E-state index contributed by atoms with van der Waals surface area (Å²) < 4.78 is 20.8. The zero-order chi connectivity index (χ0) is 19.7. The molecule has 5 nitrogen and oxygen atoms in total. The minimum Gasteiger partial charge on any atom is -0.473 e. The van der Waals surface area contributed by atoms with Crippen LogP contribution in [-0.4, -0.2) is 36.4 Å². The number of carbonyl (C=O) groups excluding carboxylic acids is 1. The van der Waals surface area contributed by atoms with Gasteiger partial charge in [0.05, 0.1) is 0 Å². The summed E-state index contributed by atoms with van der Waals surface area (Å²) in [6, 6.07) is 9.46. The van der Waals surface area contributed by atoms with Crippen LogP contribution < -0.4 is 15.0 Å². The van der Waals surface area contributed by atoms with Crippen LogP contribution in [-0.2, 0) is 6.61 Å². The van der Waals surface area contributed by atoms with Crippen LogP contribution in [0.15, 0.2) is 30.3 Å². The third kappa shape index (κ3) is 4.02. The molecule has 1 aromatic heterocycles. The standard InChI is InChI=1S/C22H26FN3O2/c1-14-12-26(11-10-24-14)19-4-3-5-20(25-19)28-13-17-8-9-18(15(2)27)21(22(17)23)16-6-7-16/h3-5,8-9,14,16,24H,6-7,10-13H2,1-2H3/t14-/m0/s1. The van der Waals surface area contributed by atoms with E-state index in [0.29, 0.717) is 28.6 Å². The maximum absolute atomic E-state index is 15.0. The second-order valence-electron chi connectivity index (χ2n) is 7.75. The number of anilines is 1. The number of halogens is 1. The summed E-state index contributed by atoms with van der Waals surface area (Å²) in [4.78, 5) is 18.6. The lowest BCUT2D eigenvalue weighted by molar-refractivity contribution is 0.101. The van der Waals surface area contributed by atoms with Gasteiger partial charge in [-0.15, -0.1) is 0 Å². The minimum absolute atomic E-state index is 0.0899. The second kappa shape index (κ2) is 7.87. The van der Waals surface area contributed by atoms with E-state index in [1.165, 1.54) is 6.92 Å². The van der Waals surface area contributed by atoms with Crippen molar-refractivity contribution in [1.82, 2.24) is 10.3 Å². The van der Waals surface area contributed by atoms with E-state index in [2.05, 4.69) is 22.1 Å². The lowest BCUT2D eigenvalue weighted by Crippen LogP contribution is -2.49. The summed E-state index contributed by atoms with van der Waals surface area (Å²) in [7, 11) is 0. The third-order valence-electron chi connectivity index (χ3n) is 5.40. The van der Waals surface area contributed by atoms with Crippen LogP contribution in [0.5, 0.6) is 5.88 Å². The number of hydrogen-bond acceptors (Lipinski definition) is 5. The highest BCUT2D eigenvalue weighted by atomic mass is 19.1. The number of hydrogen-bond donors (Lipinski definition) is 1. The van der Waals surface area contributed by atoms with Crippen LogP contribution in [0.2, 0.25) is 0 Å². The summed E-state index contributed by atoms with van der Waals surface area (Å²) in [6.07, 6.45) is 1.88. The van der Waals surface area contributed by atoms with Gasteiger partial charge in [0.1, 0.15) is 18.2 Å². The lowest BCUT2D eigenvalue weighted by Gasteiger charge is -2.32. The fraction of sp³-hybridized carbons (Fsp3) is 0.455. The molecule has 0 spiro atoms. The van der Waals surface area contributed by atoms with Crippen molar-refractivity contribution >= 4 is 11.6 Å². The van der Waals surface area contributed by atoms with E-state index in [9.17, 15) is 4.79 Å². The first-order chi connectivity index (χ1) is 13.5. The average molecular weight is 383 g/mol. The van der Waals surface area contributed by atoms with Crippen molar-refractivity contribution < 1.29 is 13.9 Å². The van der Waals surface area contributed by atoms with E-state index >= 15 is 4.39 Å². The van der Waals surface area contributed by atoms with Gasteiger partial charge in [0.15, 0.2) is 5.78 Å². The monoisotopic (exact) mass is 383 g/mol. The van der Waals surface area contributed by atoms with Gasteiger partial charge < -0.3 is 15.0 Å². The Morgan fingerprint density at radius 3 is 2.86 bits per heavy atom. The molecule has 1 saturated carbocycles. The van der Waals surface area contributed by atoms with E-state index in [1.54, 1.807) is 18.2 Å². The SMILES string of the molecule is CC(=O)c1ccc(COc2cccc(N3CCN[C@@H](C)C3)n2)c(F)c1C1CC1. The minimum atomic E-state index is -0.303. The van der Waals surface area contributed by atoms with Crippen LogP contribution in [0.4, 0.5) is 10.2 Å². The number of carbonyl (C=O) groups is 1. The quantitative estimate of drug-likeness (QED) is 0.772. The molecule has 28 heavy (non-hydrogen) atoms. The van der Waals surface area contributed by atoms with E-state index in [4.69, 9.17) is 4.74 Å². The summed E-state index contributed by atoms with van der Waals surface area (Å²) in [5.41, 5.74) is 1.52. The highest BCUT2D eigenvalue weighted by molar-refractivity contribution is 5.96. The van der Waals surface area contributed by atoms with Gasteiger partial charge in [-0.2, -0.15) is 4.98 Å². The van der Waals surface area contributed by atoms with Crippen LogP contribution in [0.1, 0.15) is 54.1 Å². The molecule has 148 valence electrons. The maximum Gasteiger partial charge on any atom is 0.215 e. The topological polar surface area (TPSA) is 54.5 Å². The highest BCUT2D eigenvalue weighted by Crippen LogP contribution is 2.43. The lowest BCUT2D eigenvalue weighted by atomic mass is 9.97. The summed E-state index contributed by atoms with van der Waals surface area (Å²) in [5, 5.41) is 3.41. The van der Waals surface area contributed by atoms with Crippen molar-refractivity contribution in [3.63, 3.8) is 0 Å². The Morgan fingerprint density at radius 1 is 1.32 bits per heavy atom. The number of ketones is 1. The highest BCUT2D eigenvalue weighted by Gasteiger charge is 2.31. The number of nitrogens with zero attached hydrogens (tertiary/aromatic N) is 2. The maximum atomic E-state index is 15.0. The number of aromatic nitrogens is 1. The summed E-state index contributed by atoms with van der Waals surface area (Å²) in [5.74, 6) is 1.12. The van der Waals surface area contributed by atoms with Crippen molar-refractivity contribution in [2.45, 2.75) is 45.3 Å². The molecule has 1 aliphatic carbocycles. The van der Waals surface area contributed by atoms with Crippen molar-refractivity contribution in [2.75, 3.05) is 24.5 Å². The second-order valence-corrected chi connectivity index (χ2v) is 7.75. The van der Waals surface area contributed by atoms with E-state index in [0.717, 1.165) is 38.3 Å². The summed E-state index contributed by atoms with van der Waals surface area (Å²) in [6.45, 7) is 6.44. The fourth-order valence-corrected chi connectivity index (χ4v) is 3.78. The first-order valence-electron chi connectivity index (χ1n) is 9.93. The van der Waals surface area contributed by atoms with Gasteiger partial charge >= 0.3 is 0 Å². The Bertz CT molecular complexity index is 882. The molecular formula is C22H26FN3O2. The van der Waals surface area contributed by atoms with Gasteiger partial charge in [0.2, 0.25) is 5.88 Å². The molecule has 2 heterocycles. The van der Waals surface area contributed by atoms with Crippen LogP contribution >= 0.6 is 0 Å². The molecule has 1 atom stereocenters. The van der Waals surface area contributed by atoms with Gasteiger partial charge in [0.25, 0.3) is 0 Å². The molecule has 0 amide bonds. The largest absolute Gasteiger partial charge is 0.473 e. The van der Waals surface area contributed by atoms with Crippen LogP contribution in [0.3, 0.4) is 0 Å². The number of benzene rings is 1. The number of Topliss-reactive ketones (excluding diaryl/α,β-unsaturated/α-hetero) is 1. The Morgan fingerprint density at radius 2 is 2.14 bits per heavy atom. The number of nitrogens with one attached hydrogen (secondary N) is 1. The van der Waals surface area contributed by atoms with Crippen molar-refractivity contribution in [1.29, 1.82) is 0 Å². The smallest absolute Gasteiger partial charge is 0.215 e. The van der Waals surface area contributed by atoms with Gasteiger partial charge in [0, 0.05) is 48.4 Å². The normalized spacial score (nSPS) is 19.5. The number of piperazine rings is 1. The molecule has 2 aromatic rings. The number of ether oxygens (including phenoxy) is 1. The zero-order valence-electron chi connectivity index (χ0n) is 16.4. The van der Waals surface area contributed by atoms with Gasteiger partial charge in [-0.1, -0.05) is 18.2 Å². The zero-order valence-corrected chi connectivity index (χ0v) is 16.4. The Hall–Kier alpha value is -2.47. The molecule has 1 saturated heterocycles. The molecule has 0 radical (unpaired) electrons. The first-order valence-corrected chi connectivity index (χ1v) is 9.93. The third-order valence-corrected chi connectivity index (χ3v) is 5.40. The van der Waals surface area contributed by atoms with Gasteiger partial charge in [-0.25, -0.2) is 4.39 Å². The molecule has 4 rings (SSSR count). The molecular weight excluding hydrogens is 357 g/mol. The van der Waals surface area contributed by atoms with E-state index < -0.39 is 0 Å². The molecule has 2 fully saturated rings. The molecule has 1 aliphatic heterocycles. The molecule has 1 aromatic carbocycles. The van der Waals surface area contributed by atoms with Crippen molar-refractivity contribution in [3.8, 4) is 5.88 Å². The Labute approximate surface area is 164 Å². The predicted molar refractivity (Wildman–Crippen MR) is 107 cm³/mol. The Balaban J connectivity index is 1.50. The molecule has 0 unspecified atom stereocenters. The molecule has 6 heteroatoms. The Kier molecular flexibility index (Phi) is 5.31. The molecule has 1 N–H and O–H groups in total. The van der Waals surface area contributed by atoms with E-state index in [1.807, 2.05) is 12.1 Å². The van der Waals surface area contributed by atoms with Crippen molar-refractivity contribution in [2.24, 2.45) is 0 Å². The summed E-state index contributed by atoms with van der Waals surface area (Å²) >= 11 is 0. The van der Waals surface area contributed by atoms with Gasteiger partial charge in [-0.05, 0) is 38.7 Å². The average Bonchev–Trinajstić information content (AvgIpc) is 3.52. The fourth-order valence-electron chi connectivity index (χ4n) is 3.78. The number of pyridine rings is 1. The van der Waals surface area contributed by atoms with Gasteiger partial charge in [-0.3, -0.25) is 4.79 Å². The predicted octanol–water partition coefficient (Wildman–Crippen LogP) is 3.68.